The van der Waals surface area contributed by atoms with Crippen LogP contribution < -0.4 is 9.47 Å². The Morgan fingerprint density at radius 3 is 2.87 bits per heavy atom. The number of carbonyl (C=O) groups excluding carboxylic acids is 1. The quantitative estimate of drug-likeness (QED) is 0.622. The SMILES string of the molecule is COc1cccc(OCCc2cc(C3CCN(C(=O)Cc4ccncc4)C3)n[nH]2)c1. The fourth-order valence-electron chi connectivity index (χ4n) is 3.70. The number of rotatable bonds is 8. The first-order valence-corrected chi connectivity index (χ1v) is 10.2. The molecule has 1 amide bonds. The van der Waals surface area contributed by atoms with Crippen molar-refractivity contribution in [1.82, 2.24) is 20.1 Å². The topological polar surface area (TPSA) is 80.3 Å². The highest BCUT2D eigenvalue weighted by Crippen LogP contribution is 2.27. The summed E-state index contributed by atoms with van der Waals surface area (Å²) < 4.78 is 11.0. The molecule has 30 heavy (non-hydrogen) atoms. The van der Waals surface area contributed by atoms with Gasteiger partial charge in [0.15, 0.2) is 0 Å². The number of H-pyrrole nitrogens is 1. The number of hydrogen-bond acceptors (Lipinski definition) is 5. The normalized spacial score (nSPS) is 15.9. The molecule has 0 bridgehead atoms. The predicted molar refractivity (Wildman–Crippen MR) is 113 cm³/mol. The monoisotopic (exact) mass is 406 g/mol. The number of carbonyl (C=O) groups is 1. The van der Waals surface area contributed by atoms with Gasteiger partial charge in [0.25, 0.3) is 0 Å². The Morgan fingerprint density at radius 1 is 1.20 bits per heavy atom. The maximum atomic E-state index is 12.6. The van der Waals surface area contributed by atoms with Crippen molar-refractivity contribution in [2.45, 2.75) is 25.2 Å². The van der Waals surface area contributed by atoms with Crippen LogP contribution in [0.15, 0.2) is 54.9 Å². The van der Waals surface area contributed by atoms with Gasteiger partial charge in [0, 0.05) is 49.6 Å². The Labute approximate surface area is 176 Å². The molecule has 1 aliphatic rings. The summed E-state index contributed by atoms with van der Waals surface area (Å²) in [6, 6.07) is 13.4. The van der Waals surface area contributed by atoms with E-state index < -0.39 is 0 Å². The Bertz CT molecular complexity index is 973. The van der Waals surface area contributed by atoms with E-state index in [1.165, 1.54) is 0 Å². The molecule has 3 aromatic rings. The number of aromatic amines is 1. The van der Waals surface area contributed by atoms with Crippen molar-refractivity contribution >= 4 is 5.91 Å². The summed E-state index contributed by atoms with van der Waals surface area (Å²) in [6.07, 6.45) is 5.54. The Hall–Kier alpha value is -3.35. The highest BCUT2D eigenvalue weighted by molar-refractivity contribution is 5.79. The van der Waals surface area contributed by atoms with E-state index in [2.05, 4.69) is 21.2 Å². The molecular weight excluding hydrogens is 380 g/mol. The Morgan fingerprint density at radius 2 is 2.03 bits per heavy atom. The second-order valence-electron chi connectivity index (χ2n) is 7.45. The van der Waals surface area contributed by atoms with Crippen LogP contribution in [0.1, 0.15) is 29.3 Å². The van der Waals surface area contributed by atoms with Crippen LogP contribution in [-0.4, -0.2) is 52.8 Å². The maximum absolute atomic E-state index is 12.6. The zero-order valence-corrected chi connectivity index (χ0v) is 17.1. The van der Waals surface area contributed by atoms with Crippen molar-refractivity contribution in [2.24, 2.45) is 0 Å². The molecular formula is C23H26N4O3. The second-order valence-corrected chi connectivity index (χ2v) is 7.45. The number of hydrogen-bond donors (Lipinski definition) is 1. The van der Waals surface area contributed by atoms with Crippen molar-refractivity contribution in [3.8, 4) is 11.5 Å². The number of amides is 1. The largest absolute Gasteiger partial charge is 0.497 e. The van der Waals surface area contributed by atoms with Gasteiger partial charge in [-0.3, -0.25) is 14.9 Å². The average molecular weight is 406 g/mol. The van der Waals surface area contributed by atoms with Crippen LogP contribution >= 0.6 is 0 Å². The lowest BCUT2D eigenvalue weighted by molar-refractivity contribution is -0.129. The molecule has 0 aliphatic carbocycles. The molecule has 156 valence electrons. The lowest BCUT2D eigenvalue weighted by atomic mass is 10.0. The molecule has 1 fully saturated rings. The lowest BCUT2D eigenvalue weighted by Gasteiger charge is -2.16. The van der Waals surface area contributed by atoms with Gasteiger partial charge in [0.05, 0.1) is 25.8 Å². The van der Waals surface area contributed by atoms with Gasteiger partial charge >= 0.3 is 0 Å². The van der Waals surface area contributed by atoms with E-state index in [0.717, 1.165) is 47.8 Å². The van der Waals surface area contributed by atoms with Gasteiger partial charge in [-0.25, -0.2) is 0 Å². The summed E-state index contributed by atoms with van der Waals surface area (Å²) in [5.74, 6) is 2.00. The van der Waals surface area contributed by atoms with Gasteiger partial charge in [-0.2, -0.15) is 5.10 Å². The molecule has 0 saturated carbocycles. The minimum atomic E-state index is 0.158. The van der Waals surface area contributed by atoms with Crippen LogP contribution in [0.5, 0.6) is 11.5 Å². The third-order valence-electron chi connectivity index (χ3n) is 5.40. The minimum Gasteiger partial charge on any atom is -0.497 e. The lowest BCUT2D eigenvalue weighted by Crippen LogP contribution is -2.29. The van der Waals surface area contributed by atoms with E-state index in [4.69, 9.17) is 9.47 Å². The van der Waals surface area contributed by atoms with E-state index in [9.17, 15) is 4.79 Å². The number of nitrogens with zero attached hydrogens (tertiary/aromatic N) is 3. The van der Waals surface area contributed by atoms with Gasteiger partial charge in [-0.15, -0.1) is 0 Å². The molecule has 1 N–H and O–H groups in total. The number of benzene rings is 1. The summed E-state index contributed by atoms with van der Waals surface area (Å²) in [5, 5.41) is 7.59. The molecule has 1 aliphatic heterocycles. The van der Waals surface area contributed by atoms with E-state index in [1.54, 1.807) is 19.5 Å². The number of nitrogens with one attached hydrogen (secondary N) is 1. The molecule has 3 heterocycles. The Balaban J connectivity index is 1.26. The first-order valence-electron chi connectivity index (χ1n) is 10.2. The molecule has 1 unspecified atom stereocenters. The van der Waals surface area contributed by atoms with Gasteiger partial charge < -0.3 is 14.4 Å². The zero-order valence-electron chi connectivity index (χ0n) is 17.1. The van der Waals surface area contributed by atoms with Crippen molar-refractivity contribution in [1.29, 1.82) is 0 Å². The third kappa shape index (κ3) is 4.97. The number of methoxy groups -OCH3 is 1. The van der Waals surface area contributed by atoms with Gasteiger partial charge in [0.2, 0.25) is 5.91 Å². The number of aromatic nitrogens is 3. The second kappa shape index (κ2) is 9.43. The van der Waals surface area contributed by atoms with Crippen molar-refractivity contribution in [3.63, 3.8) is 0 Å². The predicted octanol–water partition coefficient (Wildman–Crippen LogP) is 2.99. The van der Waals surface area contributed by atoms with E-state index in [1.807, 2.05) is 41.3 Å². The van der Waals surface area contributed by atoms with Crippen molar-refractivity contribution < 1.29 is 14.3 Å². The molecule has 0 spiro atoms. The summed E-state index contributed by atoms with van der Waals surface area (Å²) in [5.41, 5.74) is 3.05. The zero-order chi connectivity index (χ0) is 20.8. The average Bonchev–Trinajstić information content (AvgIpc) is 3.44. The van der Waals surface area contributed by atoms with Crippen LogP contribution in [0.2, 0.25) is 0 Å². The van der Waals surface area contributed by atoms with Crippen LogP contribution in [0.3, 0.4) is 0 Å². The summed E-state index contributed by atoms with van der Waals surface area (Å²) in [4.78, 5) is 18.5. The third-order valence-corrected chi connectivity index (χ3v) is 5.40. The fraction of sp³-hybridized carbons (Fsp3) is 0.348. The molecule has 1 saturated heterocycles. The van der Waals surface area contributed by atoms with Crippen molar-refractivity contribution in [3.05, 3.63) is 71.8 Å². The summed E-state index contributed by atoms with van der Waals surface area (Å²) >= 11 is 0. The smallest absolute Gasteiger partial charge is 0.227 e. The molecule has 1 atom stereocenters. The van der Waals surface area contributed by atoms with E-state index >= 15 is 0 Å². The van der Waals surface area contributed by atoms with Gasteiger partial charge in [0.1, 0.15) is 11.5 Å². The molecule has 4 rings (SSSR count). The van der Waals surface area contributed by atoms with Gasteiger partial charge in [-0.05, 0) is 42.3 Å². The Kier molecular flexibility index (Phi) is 6.27. The van der Waals surface area contributed by atoms with Crippen LogP contribution in [-0.2, 0) is 17.6 Å². The molecule has 1 aromatic carbocycles. The first-order chi connectivity index (χ1) is 14.7. The standard InChI is InChI=1S/C23H26N4O3/c1-29-20-3-2-4-21(15-20)30-12-8-19-14-22(26-25-19)18-7-11-27(16-18)23(28)13-17-5-9-24-10-6-17/h2-6,9-10,14-15,18H,7-8,11-13,16H2,1H3,(H,25,26). The summed E-state index contributed by atoms with van der Waals surface area (Å²) in [7, 11) is 1.64. The highest BCUT2D eigenvalue weighted by atomic mass is 16.5. The van der Waals surface area contributed by atoms with Crippen LogP contribution in [0.4, 0.5) is 0 Å². The number of pyridine rings is 1. The first kappa shape index (κ1) is 19.9. The van der Waals surface area contributed by atoms with Crippen LogP contribution in [0.25, 0.3) is 0 Å². The fourth-order valence-corrected chi connectivity index (χ4v) is 3.70. The van der Waals surface area contributed by atoms with E-state index in [0.29, 0.717) is 19.6 Å². The molecule has 7 nitrogen and oxygen atoms in total. The molecule has 0 radical (unpaired) electrons. The maximum Gasteiger partial charge on any atom is 0.227 e. The number of ether oxygens (including phenoxy) is 2. The number of likely N-dealkylation sites (tertiary alicyclic amines) is 1. The molecule has 7 heteroatoms. The summed E-state index contributed by atoms with van der Waals surface area (Å²) in [6.45, 7) is 2.04. The van der Waals surface area contributed by atoms with E-state index in [-0.39, 0.29) is 11.8 Å². The highest BCUT2D eigenvalue weighted by Gasteiger charge is 2.28. The minimum absolute atomic E-state index is 0.158. The van der Waals surface area contributed by atoms with Crippen LogP contribution in [0, 0.1) is 0 Å². The molecule has 2 aromatic heterocycles. The van der Waals surface area contributed by atoms with Crippen molar-refractivity contribution in [2.75, 3.05) is 26.8 Å². The van der Waals surface area contributed by atoms with Gasteiger partial charge in [-0.1, -0.05) is 6.07 Å².